The maximum Gasteiger partial charge on any atom is 0.416 e. The first-order chi connectivity index (χ1) is 38.9. The van der Waals surface area contributed by atoms with Gasteiger partial charge in [-0.1, -0.05) is 47.5 Å². The maximum atomic E-state index is 13.7. The molecule has 12 rings (SSSR count). The second kappa shape index (κ2) is 28.8. The zero-order valence-corrected chi connectivity index (χ0v) is 52.6. The summed E-state index contributed by atoms with van der Waals surface area (Å²) in [5, 5.41) is 6.77. The molecular formula is C57H68Cl2F6N10O7S4. The van der Waals surface area contributed by atoms with Gasteiger partial charge in [0, 0.05) is 43.3 Å². The van der Waals surface area contributed by atoms with Gasteiger partial charge in [-0.25, -0.2) is 24.7 Å². The van der Waals surface area contributed by atoms with Crippen molar-refractivity contribution < 1.29 is 59.6 Å². The molecular weight excluding hydrogens is 1250 g/mol. The van der Waals surface area contributed by atoms with Crippen molar-refractivity contribution in [1.29, 1.82) is 0 Å². The summed E-state index contributed by atoms with van der Waals surface area (Å²) >= 11 is 12.9. The van der Waals surface area contributed by atoms with Gasteiger partial charge in [-0.2, -0.15) is 80.3 Å². The fourth-order valence-corrected chi connectivity index (χ4v) is 10.9. The van der Waals surface area contributed by atoms with Crippen molar-refractivity contribution in [2.75, 3.05) is 83.7 Å². The molecule has 4 fully saturated rings. The van der Waals surface area contributed by atoms with Crippen LogP contribution < -0.4 is 40.5 Å². The number of fused-ring (bicyclic) bond motifs is 8. The smallest absolute Gasteiger partial charge is 0.416 e. The lowest BCUT2D eigenvalue weighted by atomic mass is 9.99. The summed E-state index contributed by atoms with van der Waals surface area (Å²) in [6, 6.07) is 19.9. The van der Waals surface area contributed by atoms with E-state index in [4.69, 9.17) is 57.4 Å². The Morgan fingerprint density at radius 2 is 1.22 bits per heavy atom. The van der Waals surface area contributed by atoms with Crippen LogP contribution in [0.3, 0.4) is 0 Å². The third-order valence-corrected chi connectivity index (χ3v) is 14.8. The molecule has 0 radical (unpaired) electrons. The van der Waals surface area contributed by atoms with Crippen LogP contribution >= 0.6 is 77.2 Å². The molecule has 10 heterocycles. The molecule has 6 aromatic rings. The molecule has 17 nitrogen and oxygen atoms in total. The first kappa shape index (κ1) is 69.6. The highest BCUT2D eigenvalue weighted by molar-refractivity contribution is 7.59. The normalized spacial score (nSPS) is 20.2. The largest absolute Gasteiger partial charge is 0.489 e. The Morgan fingerprint density at radius 3 is 1.73 bits per heavy atom. The van der Waals surface area contributed by atoms with Crippen LogP contribution in [0.1, 0.15) is 64.5 Å². The number of pyridine rings is 4. The van der Waals surface area contributed by atoms with E-state index >= 15 is 0 Å². The highest BCUT2D eigenvalue weighted by Crippen LogP contribution is 2.44. The highest BCUT2D eigenvalue weighted by Gasteiger charge is 2.41. The van der Waals surface area contributed by atoms with Crippen LogP contribution in [0.5, 0.6) is 11.5 Å². The number of nitrogens with zero attached hydrogens (tertiary/aromatic N) is 7. The van der Waals surface area contributed by atoms with Gasteiger partial charge in [0.05, 0.1) is 75.6 Å². The number of carbonyl (C=O) groups is 1. The summed E-state index contributed by atoms with van der Waals surface area (Å²) < 4.78 is 113. The second-order valence-corrected chi connectivity index (χ2v) is 22.1. The third kappa shape index (κ3) is 17.0. The SMILES string of the molecule is CC1(C)OC[C@H](COc2ccc(N)nc2)O1.CC1(C)OC[C@H](COc2ccc(NC(=O)N3c4nc(-c5cccc(C(F)(F)F)c5)c(Cl)cc4N4CCC[C@H]3C4)nc2)O1.FC(F)(F)c1cccc(-c2nc3c(cc2Cl)N2CCC[C@@H](C2)N3)c1.S.S.S.S. The summed E-state index contributed by atoms with van der Waals surface area (Å²) in [5.41, 5.74) is 6.64. The van der Waals surface area contributed by atoms with E-state index in [0.717, 1.165) is 75.3 Å². The Hall–Kier alpha value is -5.49. The van der Waals surface area contributed by atoms with Crippen molar-refractivity contribution in [2.24, 2.45) is 0 Å². The summed E-state index contributed by atoms with van der Waals surface area (Å²) in [6.07, 6.45) is -2.27. The number of amides is 2. The number of hydrogen-bond donors (Lipinski definition) is 3. The molecule has 468 valence electrons. The molecule has 0 spiro atoms. The predicted molar refractivity (Wildman–Crippen MR) is 340 cm³/mol. The molecule has 6 aliphatic rings. The number of urea groups is 1. The van der Waals surface area contributed by atoms with Gasteiger partial charge in [0.2, 0.25) is 0 Å². The number of hydrogen-bond acceptors (Lipinski definition) is 15. The quantitative estimate of drug-likeness (QED) is 0.116. The van der Waals surface area contributed by atoms with Gasteiger partial charge in [-0.05, 0) is 114 Å². The highest BCUT2D eigenvalue weighted by atomic mass is 35.5. The Balaban J connectivity index is 0.000000227. The van der Waals surface area contributed by atoms with Gasteiger partial charge in [0.1, 0.15) is 48.6 Å². The standard InChI is InChI=1S/C29H29ClF3N5O4.C17H15ClF3N3.C11H16N2O3.4H2S/c1-28(2)41-16-21(42-28)15-40-20-8-9-24(34-13-20)35-27(39)38-19-7-4-10-37(14-19)23-12-22(30)25(36-26(23)38)17-5-3-6-18(11-17)29(31,32)33;18-13-8-14-16(22-12-5-2-6-24(14)9-12)23-15(13)10-3-1-4-11(7-10)17(19,20)21;1-11(2)15-7-9(16-11)6-14-8-3-4-10(12)13-5-8;;;;/h3,5-6,8-9,11-13,19,21H,4,7,10,14-16H2,1-2H3,(H,34,35,39);1,3-4,7-8,12H,2,5-6,9H2,(H,22,23);3-5,9H,6-7H2,1-2H3,(H2,12,13);4*1H2/t19-,21-;12-;9-;;;;/m000..../s1. The number of halogens is 8. The van der Waals surface area contributed by atoms with Crippen LogP contribution in [0.25, 0.3) is 22.5 Å². The predicted octanol–water partition coefficient (Wildman–Crippen LogP) is 12.8. The molecule has 4 aromatic heterocycles. The van der Waals surface area contributed by atoms with Crippen molar-refractivity contribution in [3.8, 4) is 34.0 Å². The number of anilines is 6. The molecule has 4 N–H and O–H groups in total. The molecule has 2 amide bonds. The van der Waals surface area contributed by atoms with Crippen LogP contribution in [0, 0.1) is 0 Å². The lowest BCUT2D eigenvalue weighted by molar-refractivity contribution is -0.141. The van der Waals surface area contributed by atoms with Crippen molar-refractivity contribution in [3.05, 3.63) is 118 Å². The van der Waals surface area contributed by atoms with Gasteiger partial charge < -0.3 is 49.3 Å². The van der Waals surface area contributed by atoms with Crippen LogP contribution in [-0.4, -0.2) is 114 Å². The minimum atomic E-state index is -4.52. The number of nitrogens with one attached hydrogen (secondary N) is 2. The molecule has 6 aliphatic heterocycles. The number of nitrogen functional groups attached to an aromatic ring is 1. The Kier molecular flexibility index (Phi) is 23.3. The molecule has 0 aliphatic carbocycles. The molecule has 4 saturated heterocycles. The van der Waals surface area contributed by atoms with E-state index < -0.39 is 41.1 Å². The van der Waals surface area contributed by atoms with Crippen molar-refractivity contribution in [2.45, 2.75) is 102 Å². The van der Waals surface area contributed by atoms with Crippen LogP contribution in [0.4, 0.5) is 65.8 Å². The van der Waals surface area contributed by atoms with Crippen molar-refractivity contribution >= 4 is 118 Å². The maximum absolute atomic E-state index is 13.7. The van der Waals surface area contributed by atoms with E-state index in [9.17, 15) is 31.1 Å². The van der Waals surface area contributed by atoms with Crippen LogP contribution in [0.2, 0.25) is 10.0 Å². The van der Waals surface area contributed by atoms with Gasteiger partial charge >= 0.3 is 18.4 Å². The molecule has 2 aromatic carbocycles. The van der Waals surface area contributed by atoms with Gasteiger partial charge in [0.25, 0.3) is 0 Å². The third-order valence-electron chi connectivity index (χ3n) is 14.2. The lowest BCUT2D eigenvalue weighted by Crippen LogP contribution is -2.56. The summed E-state index contributed by atoms with van der Waals surface area (Å²) in [4.78, 5) is 37.0. The minimum Gasteiger partial charge on any atom is -0.489 e. The molecule has 0 saturated carbocycles. The van der Waals surface area contributed by atoms with E-state index in [0.29, 0.717) is 95.8 Å². The summed E-state index contributed by atoms with van der Waals surface area (Å²) in [7, 11) is 0. The lowest BCUT2D eigenvalue weighted by Gasteiger charge is -2.46. The monoisotopic (exact) mass is 1320 g/mol. The topological polar surface area (TPSA) is 184 Å². The first-order valence-electron chi connectivity index (χ1n) is 26.6. The zero-order valence-electron chi connectivity index (χ0n) is 47.1. The molecule has 0 unspecified atom stereocenters. The van der Waals surface area contributed by atoms with E-state index in [1.165, 1.54) is 24.4 Å². The van der Waals surface area contributed by atoms with E-state index in [-0.39, 0.29) is 88.5 Å². The number of carbonyl (C=O) groups excluding carboxylic acids is 1. The number of alkyl halides is 6. The fourth-order valence-electron chi connectivity index (χ4n) is 10.4. The van der Waals surface area contributed by atoms with Crippen molar-refractivity contribution in [3.63, 3.8) is 0 Å². The minimum absolute atomic E-state index is 0. The fraction of sp³-hybridized carbons (Fsp3) is 0.421. The number of nitrogens with two attached hydrogens (primary N) is 1. The number of piperidine rings is 2. The number of aromatic nitrogens is 4. The summed E-state index contributed by atoms with van der Waals surface area (Å²) in [5.74, 6) is 1.86. The molecule has 4 atom stereocenters. The van der Waals surface area contributed by atoms with Crippen molar-refractivity contribution in [1.82, 2.24) is 19.9 Å². The Morgan fingerprint density at radius 1 is 0.698 bits per heavy atom. The molecule has 86 heavy (non-hydrogen) atoms. The van der Waals surface area contributed by atoms with E-state index in [1.54, 1.807) is 53.6 Å². The summed E-state index contributed by atoms with van der Waals surface area (Å²) in [6.45, 7) is 12.4. The Labute approximate surface area is 532 Å². The first-order valence-corrected chi connectivity index (χ1v) is 27.4. The van der Waals surface area contributed by atoms with E-state index in [2.05, 4.69) is 40.4 Å². The van der Waals surface area contributed by atoms with Gasteiger partial charge in [-0.3, -0.25) is 10.2 Å². The second-order valence-electron chi connectivity index (χ2n) is 21.3. The Bertz CT molecular complexity index is 3280. The van der Waals surface area contributed by atoms with Crippen LogP contribution in [-0.2, 0) is 31.3 Å². The zero-order chi connectivity index (χ0) is 58.1. The van der Waals surface area contributed by atoms with Gasteiger partial charge in [-0.15, -0.1) is 0 Å². The van der Waals surface area contributed by atoms with Crippen LogP contribution in [0.15, 0.2) is 97.3 Å². The molecule has 29 heteroatoms. The number of benzene rings is 2. The van der Waals surface area contributed by atoms with Gasteiger partial charge in [0.15, 0.2) is 23.2 Å². The average Bonchev–Trinajstić information content (AvgIpc) is 2.24. The number of ether oxygens (including phenoxy) is 6. The number of rotatable bonds is 9. The molecule has 4 bridgehead atoms. The van der Waals surface area contributed by atoms with E-state index in [1.807, 2.05) is 27.7 Å². The average molecular weight is 1320 g/mol.